The Morgan fingerprint density at radius 3 is 2.61 bits per heavy atom. The molecule has 0 bridgehead atoms. The highest BCUT2D eigenvalue weighted by Gasteiger charge is 2.27. The Morgan fingerprint density at radius 1 is 1.35 bits per heavy atom. The number of aryl methyl sites for hydroxylation is 1. The molecular formula is C16H26N4O2S. The summed E-state index contributed by atoms with van der Waals surface area (Å²) in [6.07, 6.45) is 0.727. The van der Waals surface area contributed by atoms with E-state index in [1.165, 1.54) is 11.1 Å². The first-order chi connectivity index (χ1) is 10.9. The van der Waals surface area contributed by atoms with Gasteiger partial charge in [0, 0.05) is 40.3 Å². The van der Waals surface area contributed by atoms with Crippen LogP contribution in [0.15, 0.2) is 29.3 Å². The zero-order valence-electron chi connectivity index (χ0n) is 14.1. The number of benzene rings is 1. The van der Waals surface area contributed by atoms with Crippen LogP contribution < -0.4 is 5.32 Å². The van der Waals surface area contributed by atoms with E-state index in [-0.39, 0.29) is 5.75 Å². The van der Waals surface area contributed by atoms with Crippen molar-refractivity contribution in [2.24, 2.45) is 4.99 Å². The Labute approximate surface area is 139 Å². The Kier molecular flexibility index (Phi) is 6.01. The molecule has 1 aromatic carbocycles. The normalized spacial score (nSPS) is 18.1. The van der Waals surface area contributed by atoms with Crippen LogP contribution in [0.2, 0.25) is 0 Å². The molecule has 0 aliphatic carbocycles. The standard InChI is InChI=1S/C16H26N4O2S/c1-14-5-7-15(8-6-14)13-19(3)16(17-2)18-9-11-20-10-4-12-23(20,21)22/h5-8H,4,9-13H2,1-3H3,(H,17,18). The van der Waals surface area contributed by atoms with E-state index in [1.54, 1.807) is 11.4 Å². The molecule has 1 fully saturated rings. The van der Waals surface area contributed by atoms with Gasteiger partial charge in [-0.3, -0.25) is 4.99 Å². The summed E-state index contributed by atoms with van der Waals surface area (Å²) in [7, 11) is 0.686. The number of nitrogens with one attached hydrogen (secondary N) is 1. The lowest BCUT2D eigenvalue weighted by Crippen LogP contribution is -2.42. The molecule has 128 valence electrons. The van der Waals surface area contributed by atoms with Gasteiger partial charge in [0.1, 0.15) is 0 Å². The zero-order chi connectivity index (χ0) is 16.9. The van der Waals surface area contributed by atoms with Gasteiger partial charge in [-0.1, -0.05) is 29.8 Å². The fourth-order valence-electron chi connectivity index (χ4n) is 2.66. The van der Waals surface area contributed by atoms with Crippen molar-refractivity contribution in [3.8, 4) is 0 Å². The third kappa shape index (κ3) is 4.94. The van der Waals surface area contributed by atoms with Gasteiger partial charge in [-0.2, -0.15) is 0 Å². The van der Waals surface area contributed by atoms with Crippen LogP contribution in [0, 0.1) is 6.92 Å². The molecule has 0 saturated carbocycles. The van der Waals surface area contributed by atoms with Crippen molar-refractivity contribution in [2.75, 3.05) is 39.5 Å². The molecule has 2 rings (SSSR count). The molecule has 0 aromatic heterocycles. The van der Waals surface area contributed by atoms with Gasteiger partial charge in [-0.15, -0.1) is 0 Å². The quantitative estimate of drug-likeness (QED) is 0.643. The molecule has 23 heavy (non-hydrogen) atoms. The second-order valence-corrected chi connectivity index (χ2v) is 7.97. The van der Waals surface area contributed by atoms with Crippen LogP contribution in [0.5, 0.6) is 0 Å². The summed E-state index contributed by atoms with van der Waals surface area (Å²) in [5, 5.41) is 3.24. The smallest absolute Gasteiger partial charge is 0.214 e. The number of aliphatic imine (C=N–C) groups is 1. The van der Waals surface area contributed by atoms with Crippen molar-refractivity contribution in [3.05, 3.63) is 35.4 Å². The molecule has 0 radical (unpaired) electrons. The molecule has 0 atom stereocenters. The van der Waals surface area contributed by atoms with E-state index in [0.29, 0.717) is 19.6 Å². The minimum Gasteiger partial charge on any atom is -0.355 e. The average Bonchev–Trinajstić information content (AvgIpc) is 2.84. The first-order valence-electron chi connectivity index (χ1n) is 7.87. The summed E-state index contributed by atoms with van der Waals surface area (Å²) in [5.41, 5.74) is 2.45. The highest BCUT2D eigenvalue weighted by Crippen LogP contribution is 2.12. The van der Waals surface area contributed by atoms with Crippen LogP contribution in [0.4, 0.5) is 0 Å². The van der Waals surface area contributed by atoms with Crippen molar-refractivity contribution < 1.29 is 8.42 Å². The number of nitrogens with zero attached hydrogens (tertiary/aromatic N) is 3. The highest BCUT2D eigenvalue weighted by molar-refractivity contribution is 7.89. The van der Waals surface area contributed by atoms with Gasteiger partial charge in [0.25, 0.3) is 0 Å². The third-order valence-corrected chi connectivity index (χ3v) is 5.92. The number of sulfonamides is 1. The Hall–Kier alpha value is -1.60. The van der Waals surface area contributed by atoms with E-state index in [2.05, 4.69) is 41.5 Å². The maximum Gasteiger partial charge on any atom is 0.214 e. The molecular weight excluding hydrogens is 312 g/mol. The number of rotatable bonds is 5. The van der Waals surface area contributed by atoms with Gasteiger partial charge in [-0.25, -0.2) is 12.7 Å². The highest BCUT2D eigenvalue weighted by atomic mass is 32.2. The Balaban J connectivity index is 1.83. The molecule has 1 N–H and O–H groups in total. The van der Waals surface area contributed by atoms with Crippen molar-refractivity contribution in [3.63, 3.8) is 0 Å². The summed E-state index contributed by atoms with van der Waals surface area (Å²) in [5.74, 6) is 1.04. The van der Waals surface area contributed by atoms with E-state index in [9.17, 15) is 8.42 Å². The summed E-state index contributed by atoms with van der Waals surface area (Å²) >= 11 is 0. The van der Waals surface area contributed by atoms with E-state index < -0.39 is 10.0 Å². The molecule has 1 saturated heterocycles. The minimum absolute atomic E-state index is 0.273. The zero-order valence-corrected chi connectivity index (χ0v) is 14.9. The largest absolute Gasteiger partial charge is 0.355 e. The summed E-state index contributed by atoms with van der Waals surface area (Å²) in [4.78, 5) is 6.30. The van der Waals surface area contributed by atoms with Crippen LogP contribution >= 0.6 is 0 Å². The van der Waals surface area contributed by atoms with Gasteiger partial charge < -0.3 is 10.2 Å². The Morgan fingerprint density at radius 2 is 2.04 bits per heavy atom. The van der Waals surface area contributed by atoms with E-state index >= 15 is 0 Å². The number of hydrogen-bond acceptors (Lipinski definition) is 3. The van der Waals surface area contributed by atoms with Crippen LogP contribution in [-0.4, -0.2) is 63.1 Å². The van der Waals surface area contributed by atoms with Gasteiger partial charge in [-0.05, 0) is 18.9 Å². The van der Waals surface area contributed by atoms with Crippen molar-refractivity contribution in [1.29, 1.82) is 0 Å². The van der Waals surface area contributed by atoms with Crippen LogP contribution in [-0.2, 0) is 16.6 Å². The lowest BCUT2D eigenvalue weighted by molar-refractivity contribution is 0.432. The van der Waals surface area contributed by atoms with E-state index in [1.807, 2.05) is 11.9 Å². The third-order valence-electron chi connectivity index (χ3n) is 3.96. The van der Waals surface area contributed by atoms with Crippen molar-refractivity contribution >= 4 is 16.0 Å². The first kappa shape index (κ1) is 17.7. The fourth-order valence-corrected chi connectivity index (χ4v) is 4.19. The molecule has 1 aliphatic rings. The van der Waals surface area contributed by atoms with Crippen LogP contribution in [0.3, 0.4) is 0 Å². The monoisotopic (exact) mass is 338 g/mol. The maximum atomic E-state index is 11.8. The summed E-state index contributed by atoms with van der Waals surface area (Å²) < 4.78 is 25.1. The van der Waals surface area contributed by atoms with Crippen LogP contribution in [0.25, 0.3) is 0 Å². The van der Waals surface area contributed by atoms with E-state index in [0.717, 1.165) is 18.9 Å². The topological polar surface area (TPSA) is 65.0 Å². The maximum absolute atomic E-state index is 11.8. The SMILES string of the molecule is CN=C(NCCN1CCCS1(=O)=O)N(C)Cc1ccc(C)cc1. The number of hydrogen-bond donors (Lipinski definition) is 1. The van der Waals surface area contributed by atoms with Crippen molar-refractivity contribution in [1.82, 2.24) is 14.5 Å². The molecule has 0 unspecified atom stereocenters. The van der Waals surface area contributed by atoms with Gasteiger partial charge in [0.15, 0.2) is 5.96 Å². The molecule has 0 spiro atoms. The molecule has 1 heterocycles. The second-order valence-electron chi connectivity index (χ2n) is 5.88. The summed E-state index contributed by atoms with van der Waals surface area (Å²) in [6.45, 7) is 4.49. The van der Waals surface area contributed by atoms with E-state index in [4.69, 9.17) is 0 Å². The minimum atomic E-state index is -3.02. The first-order valence-corrected chi connectivity index (χ1v) is 9.48. The molecule has 6 nitrogen and oxygen atoms in total. The molecule has 7 heteroatoms. The predicted molar refractivity (Wildman–Crippen MR) is 94.0 cm³/mol. The van der Waals surface area contributed by atoms with Crippen molar-refractivity contribution in [2.45, 2.75) is 19.9 Å². The summed E-state index contributed by atoms with van der Waals surface area (Å²) in [6, 6.07) is 8.40. The predicted octanol–water partition coefficient (Wildman–Crippen LogP) is 1.04. The lowest BCUT2D eigenvalue weighted by atomic mass is 10.1. The fraction of sp³-hybridized carbons (Fsp3) is 0.562. The molecule has 0 amide bonds. The average molecular weight is 338 g/mol. The lowest BCUT2D eigenvalue weighted by Gasteiger charge is -2.23. The number of guanidine groups is 1. The second kappa shape index (κ2) is 7.79. The Bertz CT molecular complexity index is 641. The van der Waals surface area contributed by atoms with Gasteiger partial charge in [0.05, 0.1) is 5.75 Å². The van der Waals surface area contributed by atoms with Gasteiger partial charge in [0.2, 0.25) is 10.0 Å². The van der Waals surface area contributed by atoms with Crippen LogP contribution in [0.1, 0.15) is 17.5 Å². The molecule has 1 aromatic rings. The molecule has 1 aliphatic heterocycles. The van der Waals surface area contributed by atoms with Gasteiger partial charge >= 0.3 is 0 Å².